The molecule has 1 aliphatic heterocycles. The van der Waals surface area contributed by atoms with E-state index in [0.717, 1.165) is 0 Å². The number of aliphatic carboxylic acids is 1. The summed E-state index contributed by atoms with van der Waals surface area (Å²) in [6.45, 7) is 0.587. The molecule has 1 heterocycles. The third kappa shape index (κ3) is 3.82. The molecule has 7 heteroatoms. The van der Waals surface area contributed by atoms with Gasteiger partial charge in [0.2, 0.25) is 0 Å². The summed E-state index contributed by atoms with van der Waals surface area (Å²) in [5.41, 5.74) is 0. The van der Waals surface area contributed by atoms with E-state index in [4.69, 9.17) is 19.7 Å². The van der Waals surface area contributed by atoms with Crippen LogP contribution < -0.4 is 5.32 Å². The normalized spacial score (nSPS) is 23.1. The molecule has 1 amide bonds. The summed E-state index contributed by atoms with van der Waals surface area (Å²) in [4.78, 5) is 21.5. The van der Waals surface area contributed by atoms with Crippen LogP contribution >= 0.6 is 0 Å². The second kappa shape index (κ2) is 5.64. The fraction of sp³-hybridized carbons (Fsp3) is 0.750. The average Bonchev–Trinajstić information content (AvgIpc) is 2.26. The maximum absolute atomic E-state index is 11.3. The van der Waals surface area contributed by atoms with Crippen molar-refractivity contribution >= 4 is 11.9 Å². The van der Waals surface area contributed by atoms with E-state index in [1.54, 1.807) is 0 Å². The lowest BCUT2D eigenvalue weighted by molar-refractivity contribution is -0.150. The van der Waals surface area contributed by atoms with Gasteiger partial charge in [0.25, 0.3) is 5.91 Å². The van der Waals surface area contributed by atoms with Gasteiger partial charge in [-0.05, 0) is 0 Å². The lowest BCUT2D eigenvalue weighted by Gasteiger charge is -2.22. The summed E-state index contributed by atoms with van der Waals surface area (Å²) >= 11 is 0. The molecule has 0 radical (unpaired) electrons. The van der Waals surface area contributed by atoms with Crippen molar-refractivity contribution in [3.63, 3.8) is 0 Å². The van der Waals surface area contributed by atoms with E-state index in [1.165, 1.54) is 0 Å². The average molecular weight is 219 g/mol. The monoisotopic (exact) mass is 219 g/mol. The minimum atomic E-state index is -1.60. The van der Waals surface area contributed by atoms with E-state index in [0.29, 0.717) is 13.2 Å². The van der Waals surface area contributed by atoms with Gasteiger partial charge in [-0.15, -0.1) is 0 Å². The first-order valence-corrected chi connectivity index (χ1v) is 4.49. The van der Waals surface area contributed by atoms with Crippen molar-refractivity contribution in [1.82, 2.24) is 5.32 Å². The molecule has 0 aliphatic carbocycles. The summed E-state index contributed by atoms with van der Waals surface area (Å²) in [6.07, 6.45) is -2.32. The predicted molar refractivity (Wildman–Crippen MR) is 47.2 cm³/mol. The van der Waals surface area contributed by atoms with Crippen LogP contribution in [0.2, 0.25) is 0 Å². The van der Waals surface area contributed by atoms with Gasteiger partial charge in [-0.25, -0.2) is 4.79 Å². The molecule has 0 aromatic carbocycles. The van der Waals surface area contributed by atoms with Gasteiger partial charge in [0.05, 0.1) is 26.4 Å². The number of hydrogen-bond acceptors (Lipinski definition) is 5. The molecule has 3 N–H and O–H groups in total. The molecule has 7 nitrogen and oxygen atoms in total. The van der Waals surface area contributed by atoms with Crippen LogP contribution in [0.25, 0.3) is 0 Å². The first kappa shape index (κ1) is 11.9. The summed E-state index contributed by atoms with van der Waals surface area (Å²) in [5.74, 6) is -1.86. The number of nitrogens with one attached hydrogen (secondary N) is 1. The Morgan fingerprint density at radius 1 is 1.47 bits per heavy atom. The van der Waals surface area contributed by atoms with Crippen LogP contribution in [0.3, 0.4) is 0 Å². The Labute approximate surface area is 86.0 Å². The van der Waals surface area contributed by atoms with Gasteiger partial charge in [0.1, 0.15) is 0 Å². The van der Waals surface area contributed by atoms with E-state index < -0.39 is 24.1 Å². The molecule has 1 saturated heterocycles. The van der Waals surface area contributed by atoms with Crippen LogP contribution in [-0.4, -0.2) is 60.7 Å². The van der Waals surface area contributed by atoms with E-state index in [9.17, 15) is 9.59 Å². The minimum Gasteiger partial charge on any atom is -0.479 e. The van der Waals surface area contributed by atoms with Crippen molar-refractivity contribution < 1.29 is 29.3 Å². The second-order valence-electron chi connectivity index (χ2n) is 3.03. The van der Waals surface area contributed by atoms with Crippen molar-refractivity contribution in [1.29, 1.82) is 0 Å². The standard InChI is InChI=1S/C8H13NO6/c10-5(8(12)13)3-9-7(11)6-4-14-1-2-15-6/h5-6,10H,1-4H2,(H,9,11)(H,12,13)/t5-,6?/m0/s1. The number of carbonyl (C=O) groups is 2. The van der Waals surface area contributed by atoms with Crippen LogP contribution in [0.1, 0.15) is 0 Å². The van der Waals surface area contributed by atoms with Gasteiger partial charge in [-0.3, -0.25) is 4.79 Å². The lowest BCUT2D eigenvalue weighted by atomic mass is 10.3. The molecule has 1 aliphatic rings. The van der Waals surface area contributed by atoms with Crippen molar-refractivity contribution in [3.8, 4) is 0 Å². The molecule has 0 saturated carbocycles. The summed E-state index contributed by atoms with van der Waals surface area (Å²) < 4.78 is 10.1. The van der Waals surface area contributed by atoms with Gasteiger partial charge in [-0.1, -0.05) is 0 Å². The van der Waals surface area contributed by atoms with Crippen molar-refractivity contribution in [2.45, 2.75) is 12.2 Å². The number of hydrogen-bond donors (Lipinski definition) is 3. The molecule has 1 unspecified atom stereocenters. The number of amides is 1. The summed E-state index contributed by atoms with van der Waals surface area (Å²) in [7, 11) is 0. The Morgan fingerprint density at radius 3 is 2.73 bits per heavy atom. The minimum absolute atomic E-state index is 0.148. The number of carboxylic acid groups (broad SMARTS) is 1. The Morgan fingerprint density at radius 2 is 2.20 bits per heavy atom. The fourth-order valence-electron chi connectivity index (χ4n) is 1.04. The van der Waals surface area contributed by atoms with Crippen molar-refractivity contribution in [3.05, 3.63) is 0 Å². The fourth-order valence-corrected chi connectivity index (χ4v) is 1.04. The zero-order valence-corrected chi connectivity index (χ0v) is 8.01. The summed E-state index contributed by atoms with van der Waals surface area (Å²) in [6, 6.07) is 0. The highest BCUT2D eigenvalue weighted by atomic mass is 16.6. The maximum atomic E-state index is 11.3. The molecule has 0 aromatic heterocycles. The third-order valence-electron chi connectivity index (χ3n) is 1.86. The molecular weight excluding hydrogens is 206 g/mol. The number of aliphatic hydroxyl groups excluding tert-OH is 1. The number of carbonyl (C=O) groups excluding carboxylic acids is 1. The maximum Gasteiger partial charge on any atom is 0.334 e. The predicted octanol–water partition coefficient (Wildman–Crippen LogP) is -2.04. The second-order valence-corrected chi connectivity index (χ2v) is 3.03. The SMILES string of the molecule is O=C(NC[C@H](O)C(=O)O)C1COCCO1. The van der Waals surface area contributed by atoms with E-state index in [2.05, 4.69) is 5.32 Å². The molecule has 86 valence electrons. The molecule has 1 rings (SSSR count). The zero-order chi connectivity index (χ0) is 11.3. The van der Waals surface area contributed by atoms with Crippen LogP contribution in [-0.2, 0) is 19.1 Å². The van der Waals surface area contributed by atoms with Crippen molar-refractivity contribution in [2.75, 3.05) is 26.4 Å². The molecule has 1 fully saturated rings. The highest BCUT2D eigenvalue weighted by molar-refractivity contribution is 5.82. The van der Waals surface area contributed by atoms with E-state index in [1.807, 2.05) is 0 Å². The van der Waals surface area contributed by atoms with Crippen LogP contribution in [0.5, 0.6) is 0 Å². The smallest absolute Gasteiger partial charge is 0.334 e. The quantitative estimate of drug-likeness (QED) is 0.503. The number of ether oxygens (including phenoxy) is 2. The molecule has 0 spiro atoms. The lowest BCUT2D eigenvalue weighted by Crippen LogP contribution is -2.46. The Bertz CT molecular complexity index is 237. The van der Waals surface area contributed by atoms with Crippen LogP contribution in [0, 0.1) is 0 Å². The highest BCUT2D eigenvalue weighted by Crippen LogP contribution is 2.00. The van der Waals surface area contributed by atoms with Gasteiger partial charge in [-0.2, -0.15) is 0 Å². The Kier molecular flexibility index (Phi) is 4.47. The van der Waals surface area contributed by atoms with Gasteiger partial charge < -0.3 is 25.0 Å². The van der Waals surface area contributed by atoms with E-state index in [-0.39, 0.29) is 13.2 Å². The van der Waals surface area contributed by atoms with Gasteiger partial charge in [0.15, 0.2) is 12.2 Å². The number of aliphatic hydroxyl groups is 1. The molecule has 2 atom stereocenters. The van der Waals surface area contributed by atoms with Gasteiger partial charge >= 0.3 is 5.97 Å². The Hall–Kier alpha value is -1.18. The highest BCUT2D eigenvalue weighted by Gasteiger charge is 2.23. The first-order valence-electron chi connectivity index (χ1n) is 4.49. The molecule has 0 bridgehead atoms. The number of rotatable bonds is 4. The first-order chi connectivity index (χ1) is 7.11. The van der Waals surface area contributed by atoms with E-state index >= 15 is 0 Å². The van der Waals surface area contributed by atoms with Crippen LogP contribution in [0.15, 0.2) is 0 Å². The zero-order valence-electron chi connectivity index (χ0n) is 8.01. The van der Waals surface area contributed by atoms with Crippen molar-refractivity contribution in [2.24, 2.45) is 0 Å². The van der Waals surface area contributed by atoms with Crippen LogP contribution in [0.4, 0.5) is 0 Å². The molecular formula is C8H13NO6. The largest absolute Gasteiger partial charge is 0.479 e. The van der Waals surface area contributed by atoms with Gasteiger partial charge in [0, 0.05) is 0 Å². The molecule has 0 aromatic rings. The number of carboxylic acids is 1. The summed E-state index contributed by atoms with van der Waals surface area (Å²) in [5, 5.41) is 19.5. The Balaban J connectivity index is 2.25. The molecule has 15 heavy (non-hydrogen) atoms. The third-order valence-corrected chi connectivity index (χ3v) is 1.86. The topological polar surface area (TPSA) is 105 Å².